The minimum Gasteiger partial charge on any atom is -0.496 e. The van der Waals surface area contributed by atoms with Crippen molar-refractivity contribution in [1.29, 1.82) is 0 Å². The van der Waals surface area contributed by atoms with Crippen molar-refractivity contribution in [3.63, 3.8) is 0 Å². The summed E-state index contributed by atoms with van der Waals surface area (Å²) in [5.41, 5.74) is 1.77. The number of pyridine rings is 1. The molecule has 0 saturated carbocycles. The molecular weight excluding hydrogens is 318 g/mol. The second-order valence-electron chi connectivity index (χ2n) is 5.31. The van der Waals surface area contributed by atoms with Crippen molar-refractivity contribution in [2.75, 3.05) is 12.4 Å². The van der Waals surface area contributed by atoms with Crippen LogP contribution in [0.1, 0.15) is 11.3 Å². The first-order valence-corrected chi connectivity index (χ1v) is 7.85. The number of methoxy groups -OCH3 is 1. The van der Waals surface area contributed by atoms with E-state index >= 15 is 0 Å². The molecule has 3 rings (SSSR count). The number of hydrogen-bond donors (Lipinski definition) is 2. The van der Waals surface area contributed by atoms with Crippen molar-refractivity contribution in [3.8, 4) is 5.75 Å². The summed E-state index contributed by atoms with van der Waals surface area (Å²) in [5, 5.41) is 9.84. The van der Waals surface area contributed by atoms with Gasteiger partial charge < -0.3 is 10.1 Å². The van der Waals surface area contributed by atoms with E-state index in [1.807, 2.05) is 42.5 Å². The zero-order chi connectivity index (χ0) is 17.5. The van der Waals surface area contributed by atoms with E-state index in [1.54, 1.807) is 30.3 Å². The number of rotatable bonds is 6. The number of para-hydroxylation sites is 1. The highest BCUT2D eigenvalue weighted by atomic mass is 16.5. The molecule has 0 fully saturated rings. The third-order valence-corrected chi connectivity index (χ3v) is 3.63. The van der Waals surface area contributed by atoms with Gasteiger partial charge in [0.05, 0.1) is 25.5 Å². The first-order valence-electron chi connectivity index (χ1n) is 7.85. The summed E-state index contributed by atoms with van der Waals surface area (Å²) in [6.45, 7) is 0.847. The van der Waals surface area contributed by atoms with E-state index in [9.17, 15) is 4.79 Å². The Hall–Kier alpha value is -3.35. The normalized spacial score (nSPS) is 10.3. The van der Waals surface area contributed by atoms with Crippen LogP contribution in [0, 0.1) is 0 Å². The number of anilines is 1. The molecule has 7 heteroatoms. The second kappa shape index (κ2) is 7.96. The molecule has 2 N–H and O–H groups in total. The molecule has 2 amide bonds. The summed E-state index contributed by atoms with van der Waals surface area (Å²) in [6.07, 6.45) is 3.37. The maximum absolute atomic E-state index is 12.2. The number of amides is 2. The quantitative estimate of drug-likeness (QED) is 0.724. The molecule has 0 atom stereocenters. The summed E-state index contributed by atoms with van der Waals surface area (Å²) >= 11 is 0. The van der Waals surface area contributed by atoms with Crippen molar-refractivity contribution < 1.29 is 9.53 Å². The molecule has 0 saturated heterocycles. The fourth-order valence-electron chi connectivity index (χ4n) is 2.39. The van der Waals surface area contributed by atoms with E-state index in [-0.39, 0.29) is 6.03 Å². The van der Waals surface area contributed by atoms with Crippen LogP contribution < -0.4 is 15.4 Å². The minimum absolute atomic E-state index is 0.311. The lowest BCUT2D eigenvalue weighted by Gasteiger charge is -2.11. The van der Waals surface area contributed by atoms with Crippen LogP contribution in [-0.4, -0.2) is 27.9 Å². The number of aromatic nitrogens is 3. The van der Waals surface area contributed by atoms with E-state index in [4.69, 9.17) is 4.74 Å². The summed E-state index contributed by atoms with van der Waals surface area (Å²) < 4.78 is 6.96. The van der Waals surface area contributed by atoms with Crippen molar-refractivity contribution in [2.45, 2.75) is 13.1 Å². The van der Waals surface area contributed by atoms with Gasteiger partial charge >= 0.3 is 6.03 Å². The zero-order valence-corrected chi connectivity index (χ0v) is 13.8. The Morgan fingerprint density at radius 3 is 2.76 bits per heavy atom. The summed E-state index contributed by atoms with van der Waals surface area (Å²) in [7, 11) is 1.61. The molecule has 1 aromatic carbocycles. The van der Waals surface area contributed by atoms with Gasteiger partial charge in [-0.05, 0) is 18.2 Å². The van der Waals surface area contributed by atoms with Crippen LogP contribution in [-0.2, 0) is 13.1 Å². The van der Waals surface area contributed by atoms with Gasteiger partial charge in [0, 0.05) is 24.4 Å². The van der Waals surface area contributed by atoms with Gasteiger partial charge in [-0.2, -0.15) is 5.10 Å². The van der Waals surface area contributed by atoms with Crippen molar-refractivity contribution in [3.05, 3.63) is 72.2 Å². The molecule has 0 bridgehead atoms. The monoisotopic (exact) mass is 337 g/mol. The fraction of sp³-hybridized carbons (Fsp3) is 0.167. The molecule has 0 aliphatic carbocycles. The van der Waals surface area contributed by atoms with E-state index in [1.165, 1.54) is 0 Å². The molecule has 7 nitrogen and oxygen atoms in total. The number of ether oxygens (including phenoxy) is 1. The predicted molar refractivity (Wildman–Crippen MR) is 94.4 cm³/mol. The fourth-order valence-corrected chi connectivity index (χ4v) is 2.39. The lowest BCUT2D eigenvalue weighted by molar-refractivity contribution is 0.251. The molecule has 2 aromatic heterocycles. The van der Waals surface area contributed by atoms with Crippen molar-refractivity contribution >= 4 is 11.8 Å². The molecular formula is C18H19N5O2. The third kappa shape index (κ3) is 4.35. The minimum atomic E-state index is -0.311. The topological polar surface area (TPSA) is 81.1 Å². The molecule has 128 valence electrons. The Kier molecular flexibility index (Phi) is 5.26. The molecule has 0 unspecified atom stereocenters. The average Bonchev–Trinajstić information content (AvgIpc) is 3.07. The lowest BCUT2D eigenvalue weighted by Crippen LogP contribution is -2.29. The number of urea groups is 1. The van der Waals surface area contributed by atoms with Crippen LogP contribution in [0.4, 0.5) is 10.6 Å². The Morgan fingerprint density at radius 1 is 1.12 bits per heavy atom. The molecule has 3 aromatic rings. The largest absolute Gasteiger partial charge is 0.496 e. The van der Waals surface area contributed by atoms with Gasteiger partial charge in [-0.1, -0.05) is 24.3 Å². The highest BCUT2D eigenvalue weighted by molar-refractivity contribution is 5.88. The molecule has 0 radical (unpaired) electrons. The molecule has 0 aliphatic heterocycles. The van der Waals surface area contributed by atoms with E-state index in [0.29, 0.717) is 18.9 Å². The Bertz CT molecular complexity index is 832. The highest BCUT2D eigenvalue weighted by Gasteiger charge is 2.09. The van der Waals surface area contributed by atoms with Crippen LogP contribution in [0.3, 0.4) is 0 Å². The zero-order valence-electron chi connectivity index (χ0n) is 13.8. The van der Waals surface area contributed by atoms with Gasteiger partial charge in [0.15, 0.2) is 0 Å². The molecule has 25 heavy (non-hydrogen) atoms. The van der Waals surface area contributed by atoms with Crippen LogP contribution in [0.15, 0.2) is 60.9 Å². The van der Waals surface area contributed by atoms with Crippen molar-refractivity contribution in [2.24, 2.45) is 0 Å². The van der Waals surface area contributed by atoms with Gasteiger partial charge in [0.2, 0.25) is 0 Å². The number of carbonyl (C=O) groups excluding carboxylic acids is 1. The van der Waals surface area contributed by atoms with E-state index in [0.717, 1.165) is 17.0 Å². The van der Waals surface area contributed by atoms with Crippen LogP contribution >= 0.6 is 0 Å². The standard InChI is InChI=1S/C18H19N5O2/c1-25-16-8-3-2-6-14(16)12-20-18(24)22-17-9-11-21-23(17)13-15-7-4-5-10-19-15/h2-11H,12-13H2,1H3,(H2,20,22,24). The number of nitrogens with one attached hydrogen (secondary N) is 2. The highest BCUT2D eigenvalue weighted by Crippen LogP contribution is 2.16. The Morgan fingerprint density at radius 2 is 1.96 bits per heavy atom. The number of benzene rings is 1. The van der Waals surface area contributed by atoms with Gasteiger partial charge in [0.1, 0.15) is 11.6 Å². The number of hydrogen-bond acceptors (Lipinski definition) is 4. The Labute approximate surface area is 145 Å². The number of nitrogens with zero attached hydrogens (tertiary/aromatic N) is 3. The Balaban J connectivity index is 1.59. The predicted octanol–water partition coefficient (Wildman–Crippen LogP) is 2.66. The summed E-state index contributed by atoms with van der Waals surface area (Å²) in [4.78, 5) is 16.4. The number of carbonyl (C=O) groups is 1. The smallest absolute Gasteiger partial charge is 0.320 e. The van der Waals surface area contributed by atoms with Crippen molar-refractivity contribution in [1.82, 2.24) is 20.1 Å². The van der Waals surface area contributed by atoms with Crippen LogP contribution in [0.25, 0.3) is 0 Å². The third-order valence-electron chi connectivity index (χ3n) is 3.63. The maximum Gasteiger partial charge on any atom is 0.320 e. The average molecular weight is 337 g/mol. The summed E-state index contributed by atoms with van der Waals surface area (Å²) in [5.74, 6) is 1.34. The van der Waals surface area contributed by atoms with E-state index < -0.39 is 0 Å². The van der Waals surface area contributed by atoms with Gasteiger partial charge in [-0.3, -0.25) is 10.3 Å². The molecule has 0 aliphatic rings. The lowest BCUT2D eigenvalue weighted by atomic mass is 10.2. The molecule has 2 heterocycles. The second-order valence-corrected chi connectivity index (χ2v) is 5.31. The first-order chi connectivity index (χ1) is 12.3. The summed E-state index contributed by atoms with van der Waals surface area (Å²) in [6, 6.07) is 14.7. The van der Waals surface area contributed by atoms with Gasteiger partial charge in [-0.25, -0.2) is 9.48 Å². The maximum atomic E-state index is 12.2. The van der Waals surface area contributed by atoms with E-state index in [2.05, 4.69) is 20.7 Å². The van der Waals surface area contributed by atoms with Gasteiger partial charge in [-0.15, -0.1) is 0 Å². The van der Waals surface area contributed by atoms with Crippen LogP contribution in [0.5, 0.6) is 5.75 Å². The molecule has 0 spiro atoms. The first kappa shape index (κ1) is 16.5. The van der Waals surface area contributed by atoms with Gasteiger partial charge in [0.25, 0.3) is 0 Å². The van der Waals surface area contributed by atoms with Crippen LogP contribution in [0.2, 0.25) is 0 Å². The SMILES string of the molecule is COc1ccccc1CNC(=O)Nc1ccnn1Cc1ccccn1.